The predicted octanol–water partition coefficient (Wildman–Crippen LogP) is 1.84. The first-order valence-electron chi connectivity index (χ1n) is 10.3. The van der Waals surface area contributed by atoms with E-state index in [9.17, 15) is 14.6 Å². The molecule has 2 rings (SSSR count). The molecule has 0 aromatic carbocycles. The maximum absolute atomic E-state index is 12.5. The Morgan fingerprint density at radius 2 is 1.86 bits per heavy atom. The lowest BCUT2D eigenvalue weighted by Gasteiger charge is -2.32. The summed E-state index contributed by atoms with van der Waals surface area (Å²) in [5.41, 5.74) is 0. The van der Waals surface area contributed by atoms with Gasteiger partial charge >= 0.3 is 0 Å². The highest BCUT2D eigenvalue weighted by Gasteiger charge is 2.42. The summed E-state index contributed by atoms with van der Waals surface area (Å²) < 4.78 is 35.0. The van der Waals surface area contributed by atoms with Gasteiger partial charge in [0.15, 0.2) is 0 Å². The molecule has 2 fully saturated rings. The van der Waals surface area contributed by atoms with Crippen LogP contribution in [0, 0.1) is 11.8 Å². The minimum atomic E-state index is -4.31. The Kier molecular flexibility index (Phi) is 8.92. The van der Waals surface area contributed by atoms with Crippen LogP contribution in [0.2, 0.25) is 0 Å². The lowest BCUT2D eigenvalue weighted by Crippen LogP contribution is -2.41. The normalized spacial score (nSPS) is 38.4. The van der Waals surface area contributed by atoms with Crippen molar-refractivity contribution < 1.29 is 33.3 Å². The molecule has 8 nitrogen and oxygen atoms in total. The standard InChI is InChI=1S/C19H38NO7P/c1-11(2)24-10-18-16(8-14(6)27-18)20-28(22,23)25-9-15-17(26-12(3)4)7-13(5)19(15)21/h11-19,21H,7-10H2,1-6H3,(H2,20,22,23)/p-1/t13-,14-,15+,16+,17+,18+,19?/m0/s1. The van der Waals surface area contributed by atoms with Crippen molar-refractivity contribution in [3.8, 4) is 0 Å². The first-order chi connectivity index (χ1) is 13.0. The monoisotopic (exact) mass is 422 g/mol. The van der Waals surface area contributed by atoms with Crippen LogP contribution in [0.4, 0.5) is 0 Å². The molecule has 9 heteroatoms. The second-order valence-electron chi connectivity index (χ2n) is 8.72. The van der Waals surface area contributed by atoms with E-state index in [1.807, 2.05) is 41.5 Å². The molecule has 1 aliphatic heterocycles. The topological polar surface area (TPSA) is 109 Å². The van der Waals surface area contributed by atoms with E-state index in [1.54, 1.807) is 0 Å². The Bertz CT molecular complexity index is 530. The van der Waals surface area contributed by atoms with E-state index in [1.165, 1.54) is 0 Å². The summed E-state index contributed by atoms with van der Waals surface area (Å²) in [5, 5.41) is 13.0. The lowest BCUT2D eigenvalue weighted by molar-refractivity contribution is -0.206. The minimum Gasteiger partial charge on any atom is -0.766 e. The van der Waals surface area contributed by atoms with E-state index in [0.29, 0.717) is 19.4 Å². The number of aliphatic hydroxyl groups is 1. The number of rotatable bonds is 10. The molecule has 0 amide bonds. The second-order valence-corrected chi connectivity index (χ2v) is 10.2. The van der Waals surface area contributed by atoms with E-state index in [-0.39, 0.29) is 49.0 Å². The third kappa shape index (κ3) is 7.03. The molecule has 2 aliphatic rings. The Labute approximate surface area is 168 Å². The fraction of sp³-hybridized carbons (Fsp3) is 1.00. The van der Waals surface area contributed by atoms with Gasteiger partial charge in [0.05, 0.1) is 49.8 Å². The summed E-state index contributed by atoms with van der Waals surface area (Å²) in [6.07, 6.45) is 0.0196. The average Bonchev–Trinajstić information content (AvgIpc) is 3.02. The van der Waals surface area contributed by atoms with Gasteiger partial charge in [-0.05, 0) is 53.4 Å². The van der Waals surface area contributed by atoms with Crippen molar-refractivity contribution >= 4 is 7.75 Å². The third-order valence-corrected chi connectivity index (χ3v) is 6.48. The Hall–Kier alpha value is -0.0500. The SMILES string of the molecule is CC(C)OC[C@H]1O[C@@H](C)C[C@H]1NP(=O)([O-])OC[C@H]1C(O)[C@@H](C)C[C@H]1OC(C)C. The molecule has 8 atom stereocenters. The van der Waals surface area contributed by atoms with Crippen molar-refractivity contribution in [1.29, 1.82) is 0 Å². The summed E-state index contributed by atoms with van der Waals surface area (Å²) in [6.45, 7) is 11.8. The molecule has 0 bridgehead atoms. The Morgan fingerprint density at radius 1 is 1.18 bits per heavy atom. The zero-order valence-corrected chi connectivity index (χ0v) is 18.8. The van der Waals surface area contributed by atoms with Crippen molar-refractivity contribution in [2.24, 2.45) is 11.8 Å². The molecular formula is C19H37NO7P-. The fourth-order valence-corrected chi connectivity index (χ4v) is 5.12. The van der Waals surface area contributed by atoms with E-state index in [4.69, 9.17) is 18.7 Å². The first kappa shape index (κ1) is 24.2. The van der Waals surface area contributed by atoms with Gasteiger partial charge in [-0.1, -0.05) is 6.92 Å². The van der Waals surface area contributed by atoms with Crippen LogP contribution in [0.1, 0.15) is 54.4 Å². The van der Waals surface area contributed by atoms with Gasteiger partial charge in [0, 0.05) is 12.0 Å². The number of ether oxygens (including phenoxy) is 3. The van der Waals surface area contributed by atoms with Crippen LogP contribution in [0.25, 0.3) is 0 Å². The van der Waals surface area contributed by atoms with Gasteiger partial charge in [0.1, 0.15) is 0 Å². The molecule has 166 valence electrons. The van der Waals surface area contributed by atoms with Crippen molar-refractivity contribution in [3.63, 3.8) is 0 Å². The van der Waals surface area contributed by atoms with Crippen LogP contribution < -0.4 is 9.98 Å². The van der Waals surface area contributed by atoms with Gasteiger partial charge in [-0.3, -0.25) is 9.65 Å². The van der Waals surface area contributed by atoms with Crippen LogP contribution in [0.15, 0.2) is 0 Å². The molecular weight excluding hydrogens is 385 g/mol. The van der Waals surface area contributed by atoms with Crippen molar-refractivity contribution in [3.05, 3.63) is 0 Å². The molecule has 1 saturated carbocycles. The smallest absolute Gasteiger partial charge is 0.204 e. The number of nitrogens with one attached hydrogen (secondary N) is 1. The predicted molar refractivity (Wildman–Crippen MR) is 104 cm³/mol. The maximum atomic E-state index is 12.5. The molecule has 28 heavy (non-hydrogen) atoms. The van der Waals surface area contributed by atoms with Crippen LogP contribution in [0.3, 0.4) is 0 Å². The summed E-state index contributed by atoms with van der Waals surface area (Å²) in [6, 6.07) is -0.396. The highest BCUT2D eigenvalue weighted by Crippen LogP contribution is 2.40. The van der Waals surface area contributed by atoms with Gasteiger partial charge in [0.2, 0.25) is 7.75 Å². The number of hydrogen-bond acceptors (Lipinski definition) is 7. The van der Waals surface area contributed by atoms with Gasteiger partial charge in [-0.15, -0.1) is 0 Å². The van der Waals surface area contributed by atoms with Crippen LogP contribution >= 0.6 is 7.75 Å². The molecule has 0 aromatic rings. The quantitative estimate of drug-likeness (QED) is 0.514. The van der Waals surface area contributed by atoms with E-state index < -0.39 is 19.9 Å². The highest BCUT2D eigenvalue weighted by atomic mass is 31.2. The molecule has 2 N–H and O–H groups in total. The maximum Gasteiger partial charge on any atom is 0.204 e. The van der Waals surface area contributed by atoms with Crippen molar-refractivity contribution in [1.82, 2.24) is 5.09 Å². The summed E-state index contributed by atoms with van der Waals surface area (Å²) in [5.74, 6) is -0.335. The summed E-state index contributed by atoms with van der Waals surface area (Å²) in [7, 11) is -4.31. The molecule has 1 heterocycles. The minimum absolute atomic E-state index is 0.000946. The third-order valence-electron chi connectivity index (χ3n) is 5.35. The Morgan fingerprint density at radius 3 is 2.46 bits per heavy atom. The van der Waals surface area contributed by atoms with Crippen LogP contribution in [0.5, 0.6) is 0 Å². The van der Waals surface area contributed by atoms with E-state index >= 15 is 0 Å². The molecule has 0 radical (unpaired) electrons. The number of hydrogen-bond donors (Lipinski definition) is 2. The zero-order valence-electron chi connectivity index (χ0n) is 17.9. The second kappa shape index (κ2) is 10.3. The number of aliphatic hydroxyl groups excluding tert-OH is 1. The molecule has 0 aromatic heterocycles. The molecule has 0 spiro atoms. The molecule has 1 saturated heterocycles. The van der Waals surface area contributed by atoms with Crippen LogP contribution in [-0.4, -0.2) is 61.0 Å². The largest absolute Gasteiger partial charge is 0.766 e. The van der Waals surface area contributed by atoms with Crippen LogP contribution in [-0.2, 0) is 23.3 Å². The van der Waals surface area contributed by atoms with Gasteiger partial charge in [-0.2, -0.15) is 0 Å². The van der Waals surface area contributed by atoms with Gasteiger partial charge in [0.25, 0.3) is 0 Å². The van der Waals surface area contributed by atoms with Gasteiger partial charge in [-0.25, -0.2) is 0 Å². The van der Waals surface area contributed by atoms with E-state index in [0.717, 1.165) is 0 Å². The van der Waals surface area contributed by atoms with Gasteiger partial charge < -0.3 is 28.7 Å². The Balaban J connectivity index is 1.92. The zero-order chi connectivity index (χ0) is 21.1. The fourth-order valence-electron chi connectivity index (χ4n) is 4.00. The van der Waals surface area contributed by atoms with Crippen molar-refractivity contribution in [2.75, 3.05) is 13.2 Å². The molecule has 1 aliphatic carbocycles. The van der Waals surface area contributed by atoms with Crippen molar-refractivity contribution in [2.45, 2.75) is 97.0 Å². The first-order valence-corrected chi connectivity index (χ1v) is 11.9. The lowest BCUT2D eigenvalue weighted by atomic mass is 10.0. The summed E-state index contributed by atoms with van der Waals surface area (Å²) >= 11 is 0. The average molecular weight is 422 g/mol. The highest BCUT2D eigenvalue weighted by molar-refractivity contribution is 7.49. The van der Waals surface area contributed by atoms with E-state index in [2.05, 4.69) is 5.09 Å². The summed E-state index contributed by atoms with van der Waals surface area (Å²) in [4.78, 5) is 12.5. The molecule has 2 unspecified atom stereocenters.